The number of rotatable bonds is 9. The Kier molecular flexibility index (Phi) is 8.37. The Morgan fingerprint density at radius 1 is 1.06 bits per heavy atom. The minimum Gasteiger partial charge on any atom is -0.496 e. The lowest BCUT2D eigenvalue weighted by Crippen LogP contribution is -2.39. The van der Waals surface area contributed by atoms with Crippen LogP contribution in [0.4, 0.5) is 0 Å². The van der Waals surface area contributed by atoms with Crippen molar-refractivity contribution in [3.8, 4) is 5.75 Å². The van der Waals surface area contributed by atoms with Crippen LogP contribution in [0.1, 0.15) is 16.7 Å². The zero-order valence-corrected chi connectivity index (χ0v) is 20.6. The summed E-state index contributed by atoms with van der Waals surface area (Å²) >= 11 is 3.37. The van der Waals surface area contributed by atoms with E-state index in [2.05, 4.69) is 26.5 Å². The Bertz CT molecular complexity index is 1230. The number of nitrogens with one attached hydrogen (secondary N) is 1. The van der Waals surface area contributed by atoms with Crippen LogP contribution < -0.4 is 10.2 Å². The summed E-state index contributed by atoms with van der Waals surface area (Å²) in [5, 5.41) is 3.96. The molecule has 0 aliphatic rings. The number of halogens is 1. The normalized spacial score (nSPS) is 11.6. The molecule has 0 aromatic heterocycles. The van der Waals surface area contributed by atoms with Gasteiger partial charge in [0, 0.05) is 16.6 Å². The molecular weight excluding hydrogens is 506 g/mol. The summed E-state index contributed by atoms with van der Waals surface area (Å²) in [4.78, 5) is 12.7. The van der Waals surface area contributed by atoms with E-state index < -0.39 is 22.5 Å². The SMILES string of the molecule is COc1ccccc1/C=N\NC(=O)CN(Cc1ccc(Br)cc1)S(=O)(=O)c1ccc(C)cc1. The number of carbonyl (C=O) groups is 1. The van der Waals surface area contributed by atoms with Crippen molar-refractivity contribution in [2.75, 3.05) is 13.7 Å². The van der Waals surface area contributed by atoms with Crippen molar-refractivity contribution < 1.29 is 17.9 Å². The molecule has 3 aromatic rings. The highest BCUT2D eigenvalue weighted by Crippen LogP contribution is 2.20. The lowest BCUT2D eigenvalue weighted by molar-refractivity contribution is -0.121. The van der Waals surface area contributed by atoms with E-state index in [0.29, 0.717) is 11.3 Å². The summed E-state index contributed by atoms with van der Waals surface area (Å²) in [5.74, 6) is 0.0447. The molecule has 3 rings (SSSR count). The summed E-state index contributed by atoms with van der Waals surface area (Å²) in [5.41, 5.74) is 4.77. The fraction of sp³-hybridized carbons (Fsp3) is 0.167. The van der Waals surface area contributed by atoms with Crippen molar-refractivity contribution in [3.05, 3.63) is 94.0 Å². The molecule has 0 radical (unpaired) electrons. The van der Waals surface area contributed by atoms with Gasteiger partial charge in [-0.2, -0.15) is 9.41 Å². The van der Waals surface area contributed by atoms with Gasteiger partial charge in [-0.1, -0.05) is 57.9 Å². The Labute approximate surface area is 202 Å². The zero-order valence-electron chi connectivity index (χ0n) is 18.2. The van der Waals surface area contributed by atoms with Crippen LogP contribution in [0.15, 0.2) is 87.3 Å². The topological polar surface area (TPSA) is 88.1 Å². The van der Waals surface area contributed by atoms with Gasteiger partial charge in [0.2, 0.25) is 10.0 Å². The predicted molar refractivity (Wildman–Crippen MR) is 132 cm³/mol. The van der Waals surface area contributed by atoms with Crippen LogP contribution in [0, 0.1) is 6.92 Å². The molecular formula is C24H24BrN3O4S. The van der Waals surface area contributed by atoms with E-state index in [1.165, 1.54) is 18.3 Å². The van der Waals surface area contributed by atoms with Crippen LogP contribution in [-0.2, 0) is 21.4 Å². The Balaban J connectivity index is 1.79. The highest BCUT2D eigenvalue weighted by Gasteiger charge is 2.27. The Hall–Kier alpha value is -3.01. The number of para-hydroxylation sites is 1. The van der Waals surface area contributed by atoms with Gasteiger partial charge in [-0.15, -0.1) is 0 Å². The number of ether oxygens (including phenoxy) is 1. The summed E-state index contributed by atoms with van der Waals surface area (Å²) in [6, 6.07) is 21.0. The molecule has 0 atom stereocenters. The third-order valence-corrected chi connectivity index (χ3v) is 7.12. The van der Waals surface area contributed by atoms with E-state index in [-0.39, 0.29) is 11.4 Å². The molecule has 0 saturated heterocycles. The van der Waals surface area contributed by atoms with Gasteiger partial charge in [-0.3, -0.25) is 4.79 Å². The molecule has 0 fully saturated rings. The number of hydrazone groups is 1. The summed E-state index contributed by atoms with van der Waals surface area (Å²) in [6.45, 7) is 1.52. The number of sulfonamides is 1. The molecule has 0 heterocycles. The van der Waals surface area contributed by atoms with E-state index in [9.17, 15) is 13.2 Å². The fourth-order valence-corrected chi connectivity index (χ4v) is 4.67. The van der Waals surface area contributed by atoms with Gasteiger partial charge < -0.3 is 4.74 Å². The van der Waals surface area contributed by atoms with E-state index in [1.807, 2.05) is 31.2 Å². The maximum atomic E-state index is 13.3. The molecule has 3 aromatic carbocycles. The predicted octanol–water partition coefficient (Wildman–Crippen LogP) is 4.11. The maximum Gasteiger partial charge on any atom is 0.255 e. The van der Waals surface area contributed by atoms with E-state index in [0.717, 1.165) is 19.9 Å². The average Bonchev–Trinajstić information content (AvgIpc) is 2.80. The average molecular weight is 530 g/mol. The quantitative estimate of drug-likeness (QED) is 0.333. The monoisotopic (exact) mass is 529 g/mol. The van der Waals surface area contributed by atoms with Gasteiger partial charge >= 0.3 is 0 Å². The van der Waals surface area contributed by atoms with Gasteiger partial charge in [0.1, 0.15) is 5.75 Å². The van der Waals surface area contributed by atoms with E-state index in [4.69, 9.17) is 4.74 Å². The van der Waals surface area contributed by atoms with Crippen molar-refractivity contribution in [1.29, 1.82) is 0 Å². The number of nitrogens with zero attached hydrogens (tertiary/aromatic N) is 2. The van der Waals surface area contributed by atoms with Crippen molar-refractivity contribution in [1.82, 2.24) is 9.73 Å². The molecule has 172 valence electrons. The van der Waals surface area contributed by atoms with E-state index in [1.54, 1.807) is 43.5 Å². The highest BCUT2D eigenvalue weighted by atomic mass is 79.9. The van der Waals surface area contributed by atoms with Crippen molar-refractivity contribution in [2.24, 2.45) is 5.10 Å². The van der Waals surface area contributed by atoms with Crippen LogP contribution in [0.25, 0.3) is 0 Å². The minimum absolute atomic E-state index is 0.0349. The van der Waals surface area contributed by atoms with Gasteiger partial charge in [0.25, 0.3) is 5.91 Å². The van der Waals surface area contributed by atoms with Crippen LogP contribution in [0.5, 0.6) is 5.75 Å². The lowest BCUT2D eigenvalue weighted by atomic mass is 10.2. The number of aryl methyl sites for hydroxylation is 1. The molecule has 0 saturated carbocycles. The molecule has 0 aliphatic carbocycles. The van der Waals surface area contributed by atoms with Crippen LogP contribution in [0.3, 0.4) is 0 Å². The van der Waals surface area contributed by atoms with E-state index >= 15 is 0 Å². The molecule has 0 spiro atoms. The molecule has 9 heteroatoms. The number of amides is 1. The van der Waals surface area contributed by atoms with Gasteiger partial charge in [0.05, 0.1) is 24.8 Å². The molecule has 33 heavy (non-hydrogen) atoms. The van der Waals surface area contributed by atoms with Gasteiger partial charge in [0.15, 0.2) is 0 Å². The molecule has 1 N–H and O–H groups in total. The van der Waals surface area contributed by atoms with Crippen molar-refractivity contribution in [3.63, 3.8) is 0 Å². The van der Waals surface area contributed by atoms with Crippen LogP contribution >= 0.6 is 15.9 Å². The number of hydrogen-bond acceptors (Lipinski definition) is 5. The first kappa shape index (κ1) is 24.6. The standard InChI is InChI=1S/C24H24BrN3O4S/c1-18-7-13-22(14-8-18)33(30,31)28(16-19-9-11-21(25)12-10-19)17-24(29)27-26-15-20-5-3-4-6-23(20)32-2/h3-15H,16-17H2,1-2H3,(H,27,29)/b26-15-. The first-order valence-electron chi connectivity index (χ1n) is 10.1. The molecule has 0 bridgehead atoms. The molecule has 1 amide bonds. The van der Waals surface area contributed by atoms with Gasteiger partial charge in [-0.05, 0) is 48.9 Å². The number of methoxy groups -OCH3 is 1. The highest BCUT2D eigenvalue weighted by molar-refractivity contribution is 9.10. The second-order valence-electron chi connectivity index (χ2n) is 7.25. The second kappa shape index (κ2) is 11.2. The Morgan fingerprint density at radius 2 is 1.73 bits per heavy atom. The summed E-state index contributed by atoms with van der Waals surface area (Å²) < 4.78 is 33.9. The fourth-order valence-electron chi connectivity index (χ4n) is 3.02. The smallest absolute Gasteiger partial charge is 0.255 e. The second-order valence-corrected chi connectivity index (χ2v) is 10.1. The third kappa shape index (κ3) is 6.74. The maximum absolute atomic E-state index is 13.3. The minimum atomic E-state index is -3.92. The molecule has 0 unspecified atom stereocenters. The van der Waals surface area contributed by atoms with Crippen LogP contribution in [-0.4, -0.2) is 38.5 Å². The number of carbonyl (C=O) groups excluding carboxylic acids is 1. The third-order valence-electron chi connectivity index (χ3n) is 4.78. The molecule has 0 aliphatic heterocycles. The number of hydrogen-bond donors (Lipinski definition) is 1. The first-order valence-corrected chi connectivity index (χ1v) is 12.3. The summed E-state index contributed by atoms with van der Waals surface area (Å²) in [7, 11) is -2.38. The van der Waals surface area contributed by atoms with Crippen LogP contribution in [0.2, 0.25) is 0 Å². The van der Waals surface area contributed by atoms with Gasteiger partial charge in [-0.25, -0.2) is 13.8 Å². The summed E-state index contributed by atoms with van der Waals surface area (Å²) in [6.07, 6.45) is 1.45. The zero-order chi connectivity index (χ0) is 23.8. The molecule has 7 nitrogen and oxygen atoms in total. The largest absolute Gasteiger partial charge is 0.496 e. The number of benzene rings is 3. The Morgan fingerprint density at radius 3 is 2.39 bits per heavy atom. The van der Waals surface area contributed by atoms with Crippen molar-refractivity contribution >= 4 is 38.1 Å². The lowest BCUT2D eigenvalue weighted by Gasteiger charge is -2.21. The van der Waals surface area contributed by atoms with Crippen molar-refractivity contribution in [2.45, 2.75) is 18.4 Å². The first-order chi connectivity index (χ1) is 15.8.